The van der Waals surface area contributed by atoms with E-state index in [1.54, 1.807) is 28.8 Å². The van der Waals surface area contributed by atoms with Crippen molar-refractivity contribution in [2.24, 2.45) is 5.73 Å². The van der Waals surface area contributed by atoms with Crippen LogP contribution in [0, 0.1) is 0 Å². The third-order valence-electron chi connectivity index (χ3n) is 3.91. The summed E-state index contributed by atoms with van der Waals surface area (Å²) in [7, 11) is 0. The van der Waals surface area contributed by atoms with Crippen LogP contribution in [0.1, 0.15) is 34.5 Å². The third kappa shape index (κ3) is 2.20. The normalized spacial score (nSPS) is 13.7. The quantitative estimate of drug-likeness (QED) is 0.876. The Kier molecular flexibility index (Phi) is 3.25. The van der Waals surface area contributed by atoms with E-state index in [0.29, 0.717) is 17.7 Å². The molecule has 1 aromatic carbocycles. The fraction of sp³-hybridized carbons (Fsp3) is 0.250. The highest BCUT2D eigenvalue weighted by atomic mass is 16.3. The first kappa shape index (κ1) is 13.4. The molecule has 2 aromatic rings. The van der Waals surface area contributed by atoms with E-state index in [9.17, 15) is 14.7 Å². The maximum atomic E-state index is 12.3. The lowest BCUT2D eigenvalue weighted by Crippen LogP contribution is -2.30. The number of aromatic hydroxyl groups is 1. The van der Waals surface area contributed by atoms with Crippen LogP contribution < -0.4 is 11.2 Å². The van der Waals surface area contributed by atoms with Gasteiger partial charge in [-0.1, -0.05) is 12.1 Å². The highest BCUT2D eigenvalue weighted by Crippen LogP contribution is 2.27. The number of para-hydroxylation sites is 2. The summed E-state index contributed by atoms with van der Waals surface area (Å²) in [6.07, 6.45) is 4.74. The molecule has 5 nitrogen and oxygen atoms in total. The van der Waals surface area contributed by atoms with E-state index in [0.717, 1.165) is 25.0 Å². The SMILES string of the molecule is NC(=O)c1cn(-c2ccccc2O)c2c(c1=O)CCCC2. The summed E-state index contributed by atoms with van der Waals surface area (Å²) in [6, 6.07) is 6.85. The zero-order valence-corrected chi connectivity index (χ0v) is 11.5. The van der Waals surface area contributed by atoms with Crippen molar-refractivity contribution in [3.8, 4) is 11.4 Å². The van der Waals surface area contributed by atoms with Gasteiger partial charge in [-0.25, -0.2) is 0 Å². The number of carbonyl (C=O) groups excluding carboxylic acids is 1. The van der Waals surface area contributed by atoms with Crippen molar-refractivity contribution >= 4 is 5.91 Å². The molecule has 108 valence electrons. The van der Waals surface area contributed by atoms with Gasteiger partial charge in [0.25, 0.3) is 5.91 Å². The maximum Gasteiger partial charge on any atom is 0.254 e. The Morgan fingerprint density at radius 3 is 2.62 bits per heavy atom. The number of nitrogens with zero attached hydrogens (tertiary/aromatic N) is 1. The molecule has 0 atom stereocenters. The van der Waals surface area contributed by atoms with E-state index < -0.39 is 5.91 Å². The predicted molar refractivity (Wildman–Crippen MR) is 78.9 cm³/mol. The zero-order valence-electron chi connectivity index (χ0n) is 11.5. The Morgan fingerprint density at radius 2 is 1.90 bits per heavy atom. The van der Waals surface area contributed by atoms with Crippen molar-refractivity contribution in [1.82, 2.24) is 4.57 Å². The first-order valence-electron chi connectivity index (χ1n) is 6.95. The van der Waals surface area contributed by atoms with Crippen LogP contribution in [0.2, 0.25) is 0 Å². The number of phenols is 1. The average molecular weight is 284 g/mol. The molecule has 0 bridgehead atoms. The number of benzene rings is 1. The largest absolute Gasteiger partial charge is 0.506 e. The summed E-state index contributed by atoms with van der Waals surface area (Å²) in [4.78, 5) is 23.9. The predicted octanol–water partition coefficient (Wildman–Crippen LogP) is 1.52. The first-order valence-corrected chi connectivity index (χ1v) is 6.95. The lowest BCUT2D eigenvalue weighted by molar-refractivity contribution is 0.0998. The van der Waals surface area contributed by atoms with Gasteiger partial charge >= 0.3 is 0 Å². The first-order chi connectivity index (χ1) is 10.1. The van der Waals surface area contributed by atoms with Crippen molar-refractivity contribution in [3.63, 3.8) is 0 Å². The summed E-state index contributed by atoms with van der Waals surface area (Å²) < 4.78 is 1.73. The van der Waals surface area contributed by atoms with Crippen molar-refractivity contribution in [2.45, 2.75) is 25.7 Å². The molecule has 0 spiro atoms. The van der Waals surface area contributed by atoms with Crippen LogP contribution >= 0.6 is 0 Å². The van der Waals surface area contributed by atoms with Gasteiger partial charge in [-0.15, -0.1) is 0 Å². The topological polar surface area (TPSA) is 85.3 Å². The van der Waals surface area contributed by atoms with E-state index in [1.165, 1.54) is 6.20 Å². The second-order valence-electron chi connectivity index (χ2n) is 5.23. The minimum Gasteiger partial charge on any atom is -0.506 e. The Labute approximate surface area is 121 Å². The maximum absolute atomic E-state index is 12.3. The summed E-state index contributed by atoms with van der Waals surface area (Å²) in [5, 5.41) is 10.0. The van der Waals surface area contributed by atoms with Crippen LogP contribution in [0.3, 0.4) is 0 Å². The van der Waals surface area contributed by atoms with Gasteiger partial charge in [-0.2, -0.15) is 0 Å². The van der Waals surface area contributed by atoms with Crippen LogP contribution in [0.25, 0.3) is 5.69 Å². The number of hydrogen-bond donors (Lipinski definition) is 2. The second kappa shape index (κ2) is 5.09. The minimum absolute atomic E-state index is 0.0288. The molecule has 3 N–H and O–H groups in total. The van der Waals surface area contributed by atoms with Gasteiger partial charge in [0.15, 0.2) is 5.43 Å². The molecule has 1 aliphatic rings. The highest BCUT2D eigenvalue weighted by molar-refractivity contribution is 5.92. The molecule has 0 fully saturated rings. The Morgan fingerprint density at radius 1 is 1.19 bits per heavy atom. The number of aromatic nitrogens is 1. The molecular weight excluding hydrogens is 268 g/mol. The fourth-order valence-electron chi connectivity index (χ4n) is 2.89. The summed E-state index contributed by atoms with van der Waals surface area (Å²) in [6.45, 7) is 0. The fourth-order valence-corrected chi connectivity index (χ4v) is 2.89. The molecule has 0 saturated heterocycles. The molecule has 0 aliphatic heterocycles. The Bertz CT molecular complexity index is 778. The van der Waals surface area contributed by atoms with Gasteiger partial charge in [0.1, 0.15) is 11.3 Å². The molecule has 1 amide bonds. The monoisotopic (exact) mass is 284 g/mol. The Balaban J connectivity index is 2.34. The summed E-state index contributed by atoms with van der Waals surface area (Å²) >= 11 is 0. The molecule has 0 unspecified atom stereocenters. The van der Waals surface area contributed by atoms with E-state index >= 15 is 0 Å². The third-order valence-corrected chi connectivity index (χ3v) is 3.91. The zero-order chi connectivity index (χ0) is 15.0. The van der Waals surface area contributed by atoms with Gasteiger partial charge in [0.05, 0.1) is 5.69 Å². The van der Waals surface area contributed by atoms with E-state index in [1.807, 2.05) is 0 Å². The minimum atomic E-state index is -0.738. The number of primary amides is 1. The van der Waals surface area contributed by atoms with Gasteiger partial charge in [0.2, 0.25) is 0 Å². The Hall–Kier alpha value is -2.56. The highest BCUT2D eigenvalue weighted by Gasteiger charge is 2.22. The second-order valence-corrected chi connectivity index (χ2v) is 5.23. The van der Waals surface area contributed by atoms with E-state index in [4.69, 9.17) is 5.73 Å². The van der Waals surface area contributed by atoms with Gasteiger partial charge in [0, 0.05) is 17.5 Å². The summed E-state index contributed by atoms with van der Waals surface area (Å²) in [5.74, 6) is -0.637. The molecule has 1 aliphatic carbocycles. The van der Waals surface area contributed by atoms with Crippen molar-refractivity contribution in [2.75, 3.05) is 0 Å². The number of amides is 1. The molecule has 0 radical (unpaired) electrons. The van der Waals surface area contributed by atoms with E-state index in [-0.39, 0.29) is 16.7 Å². The number of fused-ring (bicyclic) bond motifs is 1. The lowest BCUT2D eigenvalue weighted by atomic mass is 9.93. The number of rotatable bonds is 2. The van der Waals surface area contributed by atoms with Crippen molar-refractivity contribution in [1.29, 1.82) is 0 Å². The number of nitrogens with two attached hydrogens (primary N) is 1. The number of phenolic OH excluding ortho intramolecular Hbond substituents is 1. The number of pyridine rings is 1. The molecule has 0 saturated carbocycles. The molecule has 1 heterocycles. The molecule has 21 heavy (non-hydrogen) atoms. The standard InChI is InChI=1S/C16H16N2O3/c17-16(21)11-9-18(13-7-3-4-8-14(13)19)12-6-2-1-5-10(12)15(11)20/h3-4,7-9,19H,1-2,5-6H2,(H2,17,21). The van der Waals surface area contributed by atoms with Crippen LogP contribution in [0.15, 0.2) is 35.3 Å². The van der Waals surface area contributed by atoms with Crippen LogP contribution in [-0.4, -0.2) is 15.6 Å². The molecule has 1 aromatic heterocycles. The van der Waals surface area contributed by atoms with Crippen LogP contribution in [0.5, 0.6) is 5.75 Å². The average Bonchev–Trinajstić information content (AvgIpc) is 2.48. The van der Waals surface area contributed by atoms with Crippen molar-refractivity contribution < 1.29 is 9.90 Å². The van der Waals surface area contributed by atoms with Gasteiger partial charge in [-0.05, 0) is 37.8 Å². The van der Waals surface area contributed by atoms with Crippen LogP contribution in [0.4, 0.5) is 0 Å². The summed E-state index contributed by atoms with van der Waals surface area (Å²) in [5.41, 5.74) is 7.07. The smallest absolute Gasteiger partial charge is 0.254 e. The van der Waals surface area contributed by atoms with Crippen LogP contribution in [-0.2, 0) is 12.8 Å². The van der Waals surface area contributed by atoms with Gasteiger partial charge in [-0.3, -0.25) is 9.59 Å². The molecular formula is C16H16N2O3. The number of carbonyl (C=O) groups is 1. The lowest BCUT2D eigenvalue weighted by Gasteiger charge is -2.22. The number of hydrogen-bond acceptors (Lipinski definition) is 3. The van der Waals surface area contributed by atoms with Gasteiger partial charge < -0.3 is 15.4 Å². The molecule has 3 rings (SSSR count). The van der Waals surface area contributed by atoms with Crippen molar-refractivity contribution in [3.05, 3.63) is 57.5 Å². The molecule has 5 heteroatoms. The van der Waals surface area contributed by atoms with E-state index in [2.05, 4.69) is 0 Å².